The van der Waals surface area contributed by atoms with E-state index in [2.05, 4.69) is 123 Å². The van der Waals surface area contributed by atoms with Crippen LogP contribution < -0.4 is 0 Å². The number of benzene rings is 5. The Hall–Kier alpha value is -3.64. The summed E-state index contributed by atoms with van der Waals surface area (Å²) in [6.07, 6.45) is 6.99. The fraction of sp³-hybridized carbons (Fsp3) is 0.222. The minimum Gasteiger partial charge on any atom is -0.0734 e. The maximum Gasteiger partial charge on any atom is 0.00357 e. The summed E-state index contributed by atoms with van der Waals surface area (Å²) < 4.78 is 0. The van der Waals surface area contributed by atoms with Gasteiger partial charge in [-0.1, -0.05) is 116 Å². The highest BCUT2D eigenvalue weighted by atomic mass is 14.2. The van der Waals surface area contributed by atoms with Crippen LogP contribution >= 0.6 is 0 Å². The van der Waals surface area contributed by atoms with Crippen LogP contribution in [-0.4, -0.2) is 0 Å². The van der Waals surface area contributed by atoms with Gasteiger partial charge in [0.15, 0.2) is 0 Å². The van der Waals surface area contributed by atoms with Gasteiger partial charge in [0.2, 0.25) is 0 Å². The van der Waals surface area contributed by atoms with Crippen molar-refractivity contribution < 1.29 is 0 Å². The summed E-state index contributed by atoms with van der Waals surface area (Å²) in [5.74, 6) is 0.774. The number of rotatable bonds is 2. The molecule has 5 aromatic carbocycles. The molecule has 0 N–H and O–H groups in total. The molecule has 4 bridgehead atoms. The van der Waals surface area contributed by atoms with Gasteiger partial charge in [-0.2, -0.15) is 0 Å². The molecule has 0 radical (unpaired) electrons. The van der Waals surface area contributed by atoms with Crippen molar-refractivity contribution in [3.63, 3.8) is 0 Å². The number of hydrogen-bond donors (Lipinski definition) is 0. The second-order valence-corrected chi connectivity index (χ2v) is 10.5. The van der Waals surface area contributed by atoms with E-state index in [0.29, 0.717) is 11.8 Å². The highest BCUT2D eigenvalue weighted by Crippen LogP contribution is 2.40. The number of aryl methyl sites for hydroxylation is 2. The molecule has 0 fully saturated rings. The van der Waals surface area contributed by atoms with Crippen molar-refractivity contribution in [3.8, 4) is 0 Å². The van der Waals surface area contributed by atoms with Crippen molar-refractivity contribution in [1.82, 2.24) is 0 Å². The van der Waals surface area contributed by atoms with E-state index < -0.39 is 0 Å². The summed E-state index contributed by atoms with van der Waals surface area (Å²) >= 11 is 0. The summed E-state index contributed by atoms with van der Waals surface area (Å²) in [6.45, 7) is 4.69. The molecular weight excluding hydrogens is 432 g/mol. The summed E-state index contributed by atoms with van der Waals surface area (Å²) in [6, 6.07) is 38.6. The predicted molar refractivity (Wildman–Crippen MR) is 156 cm³/mol. The number of hydrogen-bond acceptors (Lipinski definition) is 0. The molecule has 5 aromatic rings. The van der Waals surface area contributed by atoms with Crippen LogP contribution in [0.4, 0.5) is 0 Å². The molecule has 0 heteroatoms. The average molecular weight is 467 g/mol. The molecule has 0 aliphatic heterocycles. The molecule has 0 spiro atoms. The molecule has 6 rings (SSSR count). The second-order valence-electron chi connectivity index (χ2n) is 10.5. The zero-order valence-corrected chi connectivity index (χ0v) is 21.4. The average Bonchev–Trinajstić information content (AvgIpc) is 2.93. The largest absolute Gasteiger partial charge is 0.0734 e. The first kappa shape index (κ1) is 22.8. The van der Waals surface area contributed by atoms with Gasteiger partial charge in [-0.15, -0.1) is 0 Å². The standard InChI is InChI=1S/C36H34/c1-25(27-11-4-3-5-12-27)23-30-24-26(2)31-21-19-28(32-15-6-8-17-35(31)32)13-10-14-29-20-22-34(30)36-18-9-7-16-33(29)36/h3-9,11-12,15-23,26,30H,10,13-14,24H2,1-2H3/b25-23+/t26-,30+/m1/s1. The Morgan fingerprint density at radius 1 is 0.611 bits per heavy atom. The van der Waals surface area contributed by atoms with Gasteiger partial charge in [0.05, 0.1) is 0 Å². The quantitative estimate of drug-likeness (QED) is 0.243. The molecule has 36 heavy (non-hydrogen) atoms. The van der Waals surface area contributed by atoms with Crippen LogP contribution in [0.3, 0.4) is 0 Å². The van der Waals surface area contributed by atoms with Crippen molar-refractivity contribution in [3.05, 3.63) is 137 Å². The monoisotopic (exact) mass is 466 g/mol. The fourth-order valence-electron chi connectivity index (χ4n) is 6.32. The Morgan fingerprint density at radius 3 is 1.78 bits per heavy atom. The van der Waals surface area contributed by atoms with E-state index in [1.807, 2.05) is 0 Å². The maximum atomic E-state index is 2.52. The molecule has 0 nitrogen and oxygen atoms in total. The maximum absolute atomic E-state index is 2.52. The molecule has 1 aliphatic carbocycles. The van der Waals surface area contributed by atoms with Crippen molar-refractivity contribution in [2.75, 3.05) is 0 Å². The summed E-state index contributed by atoms with van der Waals surface area (Å²) in [5, 5.41) is 5.71. The van der Waals surface area contributed by atoms with Gasteiger partial charge >= 0.3 is 0 Å². The zero-order valence-electron chi connectivity index (χ0n) is 21.4. The van der Waals surface area contributed by atoms with Gasteiger partial charge in [-0.25, -0.2) is 0 Å². The lowest BCUT2D eigenvalue weighted by molar-refractivity contribution is 0.635. The summed E-state index contributed by atoms with van der Waals surface area (Å²) in [5.41, 5.74) is 8.54. The molecule has 0 amide bonds. The van der Waals surface area contributed by atoms with Crippen LogP contribution in [0.25, 0.3) is 27.1 Å². The van der Waals surface area contributed by atoms with Gasteiger partial charge in [-0.05, 0) is 93.5 Å². The van der Waals surface area contributed by atoms with Gasteiger partial charge < -0.3 is 0 Å². The highest BCUT2D eigenvalue weighted by Gasteiger charge is 2.21. The first-order valence-corrected chi connectivity index (χ1v) is 13.4. The number of fused-ring (bicyclic) bond motifs is 12. The Bertz CT molecular complexity index is 1550. The normalized spacial score (nSPS) is 18.6. The third-order valence-corrected chi connectivity index (χ3v) is 8.21. The third-order valence-electron chi connectivity index (χ3n) is 8.21. The zero-order chi connectivity index (χ0) is 24.5. The molecule has 0 aromatic heterocycles. The predicted octanol–water partition coefficient (Wildman–Crippen LogP) is 9.86. The third kappa shape index (κ3) is 4.26. The minimum absolute atomic E-state index is 0.334. The van der Waals surface area contributed by atoms with Crippen LogP contribution in [0, 0.1) is 0 Å². The minimum atomic E-state index is 0.334. The van der Waals surface area contributed by atoms with E-state index in [1.165, 1.54) is 61.4 Å². The van der Waals surface area contributed by atoms with E-state index in [9.17, 15) is 0 Å². The molecule has 0 unspecified atom stereocenters. The Labute approximate surface area is 215 Å². The SMILES string of the molecule is C/C(=C\[C@H]1C[C@@H](C)c2ccc(c3ccccc23)CCCc2ccc1c1ccccc21)c1ccccc1. The summed E-state index contributed by atoms with van der Waals surface area (Å²) in [7, 11) is 0. The van der Waals surface area contributed by atoms with Crippen LogP contribution in [-0.2, 0) is 12.8 Å². The van der Waals surface area contributed by atoms with Crippen LogP contribution in [0.15, 0.2) is 109 Å². The van der Waals surface area contributed by atoms with Crippen LogP contribution in [0.5, 0.6) is 0 Å². The van der Waals surface area contributed by atoms with E-state index in [4.69, 9.17) is 0 Å². The molecular formula is C36H34. The van der Waals surface area contributed by atoms with E-state index in [0.717, 1.165) is 19.3 Å². The summed E-state index contributed by atoms with van der Waals surface area (Å²) in [4.78, 5) is 0. The molecule has 0 saturated carbocycles. The first-order valence-electron chi connectivity index (χ1n) is 13.4. The van der Waals surface area contributed by atoms with Crippen molar-refractivity contribution in [1.29, 1.82) is 0 Å². The highest BCUT2D eigenvalue weighted by molar-refractivity contribution is 5.91. The molecule has 1 aliphatic rings. The van der Waals surface area contributed by atoms with Crippen molar-refractivity contribution in [2.45, 2.75) is 51.4 Å². The second kappa shape index (κ2) is 9.78. The molecule has 178 valence electrons. The van der Waals surface area contributed by atoms with E-state index in [-0.39, 0.29) is 0 Å². The van der Waals surface area contributed by atoms with Crippen LogP contribution in [0.1, 0.15) is 66.3 Å². The molecule has 0 heterocycles. The molecule has 2 atom stereocenters. The molecule has 0 saturated heterocycles. The Balaban J connectivity index is 1.55. The van der Waals surface area contributed by atoms with Gasteiger partial charge in [-0.3, -0.25) is 0 Å². The van der Waals surface area contributed by atoms with Crippen molar-refractivity contribution >= 4 is 27.1 Å². The van der Waals surface area contributed by atoms with E-state index in [1.54, 1.807) is 0 Å². The Kier molecular flexibility index (Phi) is 6.20. The fourth-order valence-corrected chi connectivity index (χ4v) is 6.32. The van der Waals surface area contributed by atoms with Crippen molar-refractivity contribution in [2.24, 2.45) is 0 Å². The van der Waals surface area contributed by atoms with Gasteiger partial charge in [0, 0.05) is 5.92 Å². The topological polar surface area (TPSA) is 0 Å². The van der Waals surface area contributed by atoms with E-state index >= 15 is 0 Å². The number of allylic oxidation sites excluding steroid dienone is 2. The van der Waals surface area contributed by atoms with Crippen LogP contribution in [0.2, 0.25) is 0 Å². The van der Waals surface area contributed by atoms with Gasteiger partial charge in [0.1, 0.15) is 0 Å². The lowest BCUT2D eigenvalue weighted by Gasteiger charge is -2.25. The van der Waals surface area contributed by atoms with Gasteiger partial charge in [0.25, 0.3) is 0 Å². The lowest BCUT2D eigenvalue weighted by Crippen LogP contribution is -2.06. The Morgan fingerprint density at radius 2 is 1.14 bits per heavy atom. The smallest absolute Gasteiger partial charge is 0.00357 e. The first-order chi connectivity index (χ1) is 17.7. The lowest BCUT2D eigenvalue weighted by atomic mass is 9.80.